The number of hydrogen-bond donors (Lipinski definition) is 0. The number of aromatic nitrogens is 1. The van der Waals surface area contributed by atoms with Crippen LogP contribution in [0.25, 0.3) is 5.69 Å². The van der Waals surface area contributed by atoms with Gasteiger partial charge in [0.15, 0.2) is 0 Å². The predicted molar refractivity (Wildman–Crippen MR) is 134 cm³/mol. The van der Waals surface area contributed by atoms with Gasteiger partial charge in [-0.15, -0.1) is 0 Å². The van der Waals surface area contributed by atoms with Crippen molar-refractivity contribution in [2.75, 3.05) is 0 Å². The molecule has 0 unspecified atom stereocenters. The number of nitro benzene ring substituents is 2. The lowest BCUT2D eigenvalue weighted by Gasteiger charge is -2.31. The van der Waals surface area contributed by atoms with Gasteiger partial charge in [0.1, 0.15) is 0 Å². The molecule has 0 amide bonds. The molecule has 0 spiro atoms. The molecule has 0 bridgehead atoms. The van der Waals surface area contributed by atoms with Gasteiger partial charge < -0.3 is 9.40 Å². The Morgan fingerprint density at radius 1 is 0.944 bits per heavy atom. The smallest absolute Gasteiger partial charge is 0.318 e. The van der Waals surface area contributed by atoms with Gasteiger partial charge in [-0.05, 0) is 68.4 Å². The van der Waals surface area contributed by atoms with Gasteiger partial charge in [-0.3, -0.25) is 20.2 Å². The van der Waals surface area contributed by atoms with Crippen molar-refractivity contribution in [3.63, 3.8) is 0 Å². The van der Waals surface area contributed by atoms with E-state index in [0.29, 0.717) is 12.1 Å². The van der Waals surface area contributed by atoms with Crippen molar-refractivity contribution < 1.29 is 19.5 Å². The Morgan fingerprint density at radius 2 is 1.58 bits per heavy atom. The fraction of sp³-hybridized carbons (Fsp3) is 0.308. The Labute approximate surface area is 207 Å². The maximum Gasteiger partial charge on any atom is 0.366 e. The first-order chi connectivity index (χ1) is 16.9. The largest absolute Gasteiger partial charge is 0.366 e. The molecule has 1 aliphatic rings. The number of aryl methyl sites for hydroxylation is 3. The molecule has 10 nitrogen and oxygen atoms in total. The normalized spacial score (nSPS) is 15.4. The lowest BCUT2D eigenvalue weighted by Crippen LogP contribution is -2.28. The maximum atomic E-state index is 12.7. The standard InChI is InChI=1S/C26H26N4O6/c1-15-6-7-19(8-16(15)2)28-17(3)9-22-23(13-26(4,5)14-24(22)28)27-36-25(31)18-10-20(29(32)33)12-21(11-18)30(34)35/h6-12H,13-14H2,1-5H3/b27-23+. The molecular weight excluding hydrogens is 464 g/mol. The average molecular weight is 491 g/mol. The third kappa shape index (κ3) is 4.74. The van der Waals surface area contributed by atoms with E-state index in [1.165, 1.54) is 11.1 Å². The van der Waals surface area contributed by atoms with Crippen LogP contribution >= 0.6 is 0 Å². The fourth-order valence-electron chi connectivity index (χ4n) is 4.56. The first kappa shape index (κ1) is 24.8. The lowest BCUT2D eigenvalue weighted by atomic mass is 9.76. The van der Waals surface area contributed by atoms with E-state index in [4.69, 9.17) is 4.84 Å². The summed E-state index contributed by atoms with van der Waals surface area (Å²) < 4.78 is 2.18. The molecule has 0 atom stereocenters. The quantitative estimate of drug-likeness (QED) is 0.254. The summed E-state index contributed by atoms with van der Waals surface area (Å²) in [6.45, 7) is 10.3. The van der Waals surface area contributed by atoms with Gasteiger partial charge in [-0.1, -0.05) is 25.1 Å². The molecule has 36 heavy (non-hydrogen) atoms. The van der Waals surface area contributed by atoms with Crippen LogP contribution in [0.4, 0.5) is 11.4 Å². The van der Waals surface area contributed by atoms with Crippen LogP contribution in [0.2, 0.25) is 0 Å². The molecule has 10 heteroatoms. The van der Waals surface area contributed by atoms with Crippen molar-refractivity contribution in [1.29, 1.82) is 0 Å². The summed E-state index contributed by atoms with van der Waals surface area (Å²) in [5, 5.41) is 26.5. The highest BCUT2D eigenvalue weighted by atomic mass is 16.7. The molecule has 0 fully saturated rings. The maximum absolute atomic E-state index is 12.7. The zero-order valence-electron chi connectivity index (χ0n) is 20.7. The van der Waals surface area contributed by atoms with Crippen molar-refractivity contribution in [3.8, 4) is 5.69 Å². The summed E-state index contributed by atoms with van der Waals surface area (Å²) in [5.41, 5.74) is 5.26. The molecular formula is C26H26N4O6. The second kappa shape index (κ2) is 9.03. The van der Waals surface area contributed by atoms with Gasteiger partial charge in [0, 0.05) is 34.8 Å². The Morgan fingerprint density at radius 3 is 2.17 bits per heavy atom. The zero-order valence-corrected chi connectivity index (χ0v) is 20.7. The van der Waals surface area contributed by atoms with Crippen LogP contribution in [0.3, 0.4) is 0 Å². The van der Waals surface area contributed by atoms with E-state index < -0.39 is 27.2 Å². The molecule has 1 aromatic heterocycles. The number of non-ortho nitro benzene ring substituents is 2. The second-order valence-electron chi connectivity index (χ2n) is 9.94. The average Bonchev–Trinajstić information content (AvgIpc) is 3.13. The minimum absolute atomic E-state index is 0.176. The summed E-state index contributed by atoms with van der Waals surface area (Å²) >= 11 is 0. The van der Waals surface area contributed by atoms with Crippen LogP contribution in [-0.4, -0.2) is 26.1 Å². The van der Waals surface area contributed by atoms with Crippen LogP contribution in [0.15, 0.2) is 47.6 Å². The number of rotatable bonds is 5. The van der Waals surface area contributed by atoms with Crippen molar-refractivity contribution in [1.82, 2.24) is 4.57 Å². The van der Waals surface area contributed by atoms with Gasteiger partial charge in [0.25, 0.3) is 11.4 Å². The third-order valence-corrected chi connectivity index (χ3v) is 6.44. The van der Waals surface area contributed by atoms with Gasteiger partial charge in [0.2, 0.25) is 0 Å². The molecule has 0 aliphatic heterocycles. The van der Waals surface area contributed by atoms with E-state index >= 15 is 0 Å². The van der Waals surface area contributed by atoms with Gasteiger partial charge in [-0.2, -0.15) is 0 Å². The number of benzene rings is 2. The van der Waals surface area contributed by atoms with E-state index in [1.807, 2.05) is 13.0 Å². The van der Waals surface area contributed by atoms with Crippen LogP contribution in [-0.2, 0) is 11.3 Å². The molecule has 1 heterocycles. The molecule has 0 saturated carbocycles. The molecule has 1 aliphatic carbocycles. The molecule has 4 rings (SSSR count). The number of fused-ring (bicyclic) bond motifs is 1. The second-order valence-corrected chi connectivity index (χ2v) is 9.94. The molecule has 2 aromatic carbocycles. The molecule has 186 valence electrons. The highest BCUT2D eigenvalue weighted by Crippen LogP contribution is 2.38. The number of oxime groups is 1. The van der Waals surface area contributed by atoms with Crippen molar-refractivity contribution in [2.45, 2.75) is 47.5 Å². The van der Waals surface area contributed by atoms with Crippen LogP contribution in [0, 0.1) is 46.4 Å². The Kier molecular flexibility index (Phi) is 6.21. The molecule has 0 saturated heterocycles. The van der Waals surface area contributed by atoms with E-state index in [9.17, 15) is 25.0 Å². The Bertz CT molecular complexity index is 1420. The van der Waals surface area contributed by atoms with E-state index in [-0.39, 0.29) is 11.0 Å². The minimum atomic E-state index is -1.01. The van der Waals surface area contributed by atoms with Gasteiger partial charge >= 0.3 is 5.97 Å². The number of carbonyl (C=O) groups is 1. The number of hydrogen-bond acceptors (Lipinski definition) is 7. The van der Waals surface area contributed by atoms with E-state index in [1.54, 1.807) is 0 Å². The summed E-state index contributed by atoms with van der Waals surface area (Å²) in [7, 11) is 0. The lowest BCUT2D eigenvalue weighted by molar-refractivity contribution is -0.394. The number of nitro groups is 2. The highest BCUT2D eigenvalue weighted by molar-refractivity contribution is 6.04. The monoisotopic (exact) mass is 490 g/mol. The summed E-state index contributed by atoms with van der Waals surface area (Å²) in [4.78, 5) is 38.6. The zero-order chi connectivity index (χ0) is 26.4. The van der Waals surface area contributed by atoms with Crippen LogP contribution < -0.4 is 0 Å². The topological polar surface area (TPSA) is 130 Å². The predicted octanol–water partition coefficient (Wildman–Crippen LogP) is 5.75. The third-order valence-electron chi connectivity index (χ3n) is 6.44. The van der Waals surface area contributed by atoms with E-state index in [0.717, 1.165) is 47.3 Å². The van der Waals surface area contributed by atoms with Gasteiger partial charge in [-0.25, -0.2) is 4.79 Å². The summed E-state index contributed by atoms with van der Waals surface area (Å²) in [5.74, 6) is -1.01. The first-order valence-corrected chi connectivity index (χ1v) is 11.4. The molecule has 0 radical (unpaired) electrons. The Balaban J connectivity index is 1.73. The minimum Gasteiger partial charge on any atom is -0.318 e. The summed E-state index contributed by atoms with van der Waals surface area (Å²) in [6, 6.07) is 11.0. The SMILES string of the molecule is Cc1ccc(-n2c(C)cc3c2CC(C)(C)C/C3=N\OC(=O)c2cc([N+](=O)[O-])cc([N+](=O)[O-])c2)cc1C. The van der Waals surface area contributed by atoms with Crippen molar-refractivity contribution >= 4 is 23.1 Å². The van der Waals surface area contributed by atoms with Crippen LogP contribution in [0.5, 0.6) is 0 Å². The van der Waals surface area contributed by atoms with Crippen molar-refractivity contribution in [2.24, 2.45) is 10.6 Å². The fourth-order valence-corrected chi connectivity index (χ4v) is 4.56. The first-order valence-electron chi connectivity index (χ1n) is 11.4. The number of nitrogens with zero attached hydrogens (tertiary/aromatic N) is 4. The van der Waals surface area contributed by atoms with Crippen LogP contribution in [0.1, 0.15) is 58.7 Å². The van der Waals surface area contributed by atoms with Crippen molar-refractivity contribution in [3.05, 3.63) is 96.3 Å². The molecule has 3 aromatic rings. The molecule has 0 N–H and O–H groups in total. The van der Waals surface area contributed by atoms with E-state index in [2.05, 4.69) is 55.6 Å². The number of carbonyl (C=O) groups excluding carboxylic acids is 1. The summed E-state index contributed by atoms with van der Waals surface area (Å²) in [6.07, 6.45) is 1.33. The highest BCUT2D eigenvalue weighted by Gasteiger charge is 2.34. The Hall–Kier alpha value is -4.34. The van der Waals surface area contributed by atoms with Gasteiger partial charge in [0.05, 0.1) is 27.2 Å².